The van der Waals surface area contributed by atoms with Gasteiger partial charge in [-0.2, -0.15) is 0 Å². The summed E-state index contributed by atoms with van der Waals surface area (Å²) in [6.07, 6.45) is 0.514. The monoisotopic (exact) mass is 376 g/mol. The first-order chi connectivity index (χ1) is 12.8. The number of rotatable bonds is 8. The molecule has 0 fully saturated rings. The van der Waals surface area contributed by atoms with E-state index in [0.717, 1.165) is 0 Å². The summed E-state index contributed by atoms with van der Waals surface area (Å²) in [6.45, 7) is 3.49. The van der Waals surface area contributed by atoms with E-state index in [1.54, 1.807) is 26.0 Å². The van der Waals surface area contributed by atoms with Gasteiger partial charge in [-0.25, -0.2) is 4.79 Å². The molecule has 0 saturated carbocycles. The quantitative estimate of drug-likeness (QED) is 0.674. The van der Waals surface area contributed by atoms with Crippen LogP contribution in [0.1, 0.15) is 30.9 Å². The SMILES string of the molecule is CCC[C@@H](NC(=O)Cc1c(C)c2cc(OC)c(OC)cc2oc1=O)C(=O)[O-]. The highest BCUT2D eigenvalue weighted by atomic mass is 16.5. The molecule has 2 rings (SSSR count). The van der Waals surface area contributed by atoms with Gasteiger partial charge in [0.2, 0.25) is 5.91 Å². The minimum Gasteiger partial charge on any atom is -0.548 e. The Hall–Kier alpha value is -3.03. The molecule has 2 aromatic rings. The molecule has 0 radical (unpaired) electrons. The molecule has 1 N–H and O–H groups in total. The molecule has 1 amide bonds. The molecule has 146 valence electrons. The standard InChI is InChI=1S/C19H23NO7/c1-5-6-13(18(22)23)20-17(21)8-12-10(2)11-7-15(25-3)16(26-4)9-14(11)27-19(12)24/h7,9,13H,5-6,8H2,1-4H3,(H,20,21)(H,22,23)/p-1/t13-/m1/s1. The Kier molecular flexibility index (Phi) is 6.44. The minimum absolute atomic E-state index is 0.154. The van der Waals surface area contributed by atoms with Crippen molar-refractivity contribution in [3.05, 3.63) is 33.7 Å². The average Bonchev–Trinajstić information content (AvgIpc) is 2.63. The molecule has 8 nitrogen and oxygen atoms in total. The lowest BCUT2D eigenvalue weighted by molar-refractivity contribution is -0.308. The third-order valence-electron chi connectivity index (χ3n) is 4.33. The number of carbonyl (C=O) groups excluding carboxylic acids is 2. The van der Waals surface area contributed by atoms with Gasteiger partial charge in [0.05, 0.1) is 38.2 Å². The Labute approximate surface area is 156 Å². The lowest BCUT2D eigenvalue weighted by atomic mass is 10.0. The van der Waals surface area contributed by atoms with Crippen LogP contribution in [0.4, 0.5) is 0 Å². The van der Waals surface area contributed by atoms with Crippen LogP contribution in [0.3, 0.4) is 0 Å². The van der Waals surface area contributed by atoms with E-state index < -0.39 is 23.5 Å². The fourth-order valence-corrected chi connectivity index (χ4v) is 2.86. The number of hydrogen-bond acceptors (Lipinski definition) is 7. The van der Waals surface area contributed by atoms with Gasteiger partial charge in [-0.05, 0) is 25.0 Å². The average molecular weight is 376 g/mol. The van der Waals surface area contributed by atoms with Crippen LogP contribution in [0.5, 0.6) is 11.5 Å². The van der Waals surface area contributed by atoms with E-state index in [2.05, 4.69) is 5.32 Å². The number of aliphatic carboxylic acids is 1. The number of aryl methyl sites for hydroxylation is 1. The number of benzene rings is 1. The zero-order chi connectivity index (χ0) is 20.1. The lowest BCUT2D eigenvalue weighted by Gasteiger charge is -2.19. The van der Waals surface area contributed by atoms with Crippen molar-refractivity contribution in [3.8, 4) is 11.5 Å². The molecular formula is C19H22NO7-. The van der Waals surface area contributed by atoms with Crippen molar-refractivity contribution in [3.63, 3.8) is 0 Å². The number of carboxylic acids is 1. The van der Waals surface area contributed by atoms with Crippen LogP contribution >= 0.6 is 0 Å². The molecule has 0 aliphatic heterocycles. The van der Waals surface area contributed by atoms with Gasteiger partial charge in [0.25, 0.3) is 0 Å². The van der Waals surface area contributed by atoms with Gasteiger partial charge in [0.15, 0.2) is 11.5 Å². The smallest absolute Gasteiger partial charge is 0.340 e. The molecule has 0 aliphatic rings. The van der Waals surface area contributed by atoms with E-state index in [0.29, 0.717) is 34.5 Å². The van der Waals surface area contributed by atoms with E-state index >= 15 is 0 Å². The summed E-state index contributed by atoms with van der Waals surface area (Å²) in [6, 6.07) is 2.11. The maximum absolute atomic E-state index is 12.3. The van der Waals surface area contributed by atoms with Crippen LogP contribution < -0.4 is 25.5 Å². The van der Waals surface area contributed by atoms with E-state index in [4.69, 9.17) is 13.9 Å². The molecule has 0 unspecified atom stereocenters. The molecule has 1 atom stereocenters. The van der Waals surface area contributed by atoms with Gasteiger partial charge in [0, 0.05) is 11.5 Å². The Morgan fingerprint density at radius 1 is 1.22 bits per heavy atom. The van der Waals surface area contributed by atoms with Crippen LogP contribution in [-0.2, 0) is 16.0 Å². The third-order valence-corrected chi connectivity index (χ3v) is 4.33. The van der Waals surface area contributed by atoms with Crippen LogP contribution in [0.2, 0.25) is 0 Å². The van der Waals surface area contributed by atoms with Crippen LogP contribution in [0.25, 0.3) is 11.0 Å². The summed E-state index contributed by atoms with van der Waals surface area (Å²) in [5.74, 6) is -1.08. The maximum Gasteiger partial charge on any atom is 0.340 e. The van der Waals surface area contributed by atoms with Gasteiger partial charge >= 0.3 is 5.63 Å². The minimum atomic E-state index is -1.36. The number of methoxy groups -OCH3 is 2. The van der Waals surface area contributed by atoms with Crippen LogP contribution in [0, 0.1) is 6.92 Å². The van der Waals surface area contributed by atoms with Crippen molar-refractivity contribution in [2.45, 2.75) is 39.2 Å². The molecular weight excluding hydrogens is 354 g/mol. The van der Waals surface area contributed by atoms with E-state index in [1.807, 2.05) is 0 Å². The van der Waals surface area contributed by atoms with Gasteiger partial charge in [-0.1, -0.05) is 13.3 Å². The molecule has 0 spiro atoms. The zero-order valence-electron chi connectivity index (χ0n) is 15.7. The summed E-state index contributed by atoms with van der Waals surface area (Å²) in [5, 5.41) is 14.1. The number of fused-ring (bicyclic) bond motifs is 1. The van der Waals surface area contributed by atoms with Crippen molar-refractivity contribution >= 4 is 22.8 Å². The number of carboxylic acid groups (broad SMARTS) is 1. The van der Waals surface area contributed by atoms with Crippen molar-refractivity contribution < 1.29 is 28.6 Å². The number of nitrogens with one attached hydrogen (secondary N) is 1. The predicted octanol–water partition coefficient (Wildman–Crippen LogP) is 0.696. The summed E-state index contributed by atoms with van der Waals surface area (Å²) in [7, 11) is 2.96. The summed E-state index contributed by atoms with van der Waals surface area (Å²) in [4.78, 5) is 35.7. The van der Waals surface area contributed by atoms with Crippen molar-refractivity contribution in [2.24, 2.45) is 0 Å². The normalized spacial score (nSPS) is 11.9. The highest BCUT2D eigenvalue weighted by Gasteiger charge is 2.19. The van der Waals surface area contributed by atoms with E-state index in [9.17, 15) is 19.5 Å². The first-order valence-corrected chi connectivity index (χ1v) is 8.50. The first kappa shape index (κ1) is 20.3. The van der Waals surface area contributed by atoms with E-state index in [1.165, 1.54) is 14.2 Å². The second-order valence-corrected chi connectivity index (χ2v) is 6.10. The van der Waals surface area contributed by atoms with Crippen molar-refractivity contribution in [1.82, 2.24) is 5.32 Å². The number of amides is 1. The summed E-state index contributed by atoms with van der Waals surface area (Å²) >= 11 is 0. The van der Waals surface area contributed by atoms with Crippen molar-refractivity contribution in [1.29, 1.82) is 0 Å². The lowest BCUT2D eigenvalue weighted by Crippen LogP contribution is -2.48. The molecule has 8 heteroatoms. The van der Waals surface area contributed by atoms with Gasteiger partial charge in [0.1, 0.15) is 5.58 Å². The molecule has 0 saturated heterocycles. The predicted molar refractivity (Wildman–Crippen MR) is 95.9 cm³/mol. The second kappa shape index (κ2) is 8.57. The fourth-order valence-electron chi connectivity index (χ4n) is 2.86. The summed E-state index contributed by atoms with van der Waals surface area (Å²) < 4.78 is 15.8. The molecule has 1 heterocycles. The summed E-state index contributed by atoms with van der Waals surface area (Å²) in [5.41, 5.74) is 0.347. The van der Waals surface area contributed by atoms with Gasteiger partial charge in [-0.3, -0.25) is 4.79 Å². The van der Waals surface area contributed by atoms with Gasteiger partial charge in [-0.15, -0.1) is 0 Å². The largest absolute Gasteiger partial charge is 0.548 e. The molecule has 27 heavy (non-hydrogen) atoms. The second-order valence-electron chi connectivity index (χ2n) is 6.10. The zero-order valence-corrected chi connectivity index (χ0v) is 15.7. The highest BCUT2D eigenvalue weighted by molar-refractivity contribution is 5.88. The number of hydrogen-bond donors (Lipinski definition) is 1. The fraction of sp³-hybridized carbons (Fsp3) is 0.421. The first-order valence-electron chi connectivity index (χ1n) is 8.50. The topological polar surface area (TPSA) is 118 Å². The van der Waals surface area contributed by atoms with Crippen LogP contribution in [-0.4, -0.2) is 32.1 Å². The maximum atomic E-state index is 12.3. The molecule has 1 aromatic carbocycles. The Morgan fingerprint density at radius 3 is 2.41 bits per heavy atom. The number of ether oxygens (including phenoxy) is 2. The van der Waals surface area contributed by atoms with Crippen LogP contribution in [0.15, 0.2) is 21.3 Å². The van der Waals surface area contributed by atoms with Crippen molar-refractivity contribution in [2.75, 3.05) is 14.2 Å². The molecule has 0 bridgehead atoms. The Bertz CT molecular complexity index is 916. The molecule has 1 aromatic heterocycles. The Morgan fingerprint density at radius 2 is 1.85 bits per heavy atom. The van der Waals surface area contributed by atoms with Gasteiger partial charge < -0.3 is 29.1 Å². The number of carbonyl (C=O) groups is 2. The third kappa shape index (κ3) is 4.39. The van der Waals surface area contributed by atoms with E-state index in [-0.39, 0.29) is 18.4 Å². The Balaban J connectivity index is 2.39. The molecule has 0 aliphatic carbocycles. The highest BCUT2D eigenvalue weighted by Crippen LogP contribution is 2.33.